The first-order valence-electron chi connectivity index (χ1n) is 11.7. The van der Waals surface area contributed by atoms with Crippen LogP contribution < -0.4 is 4.90 Å². The lowest BCUT2D eigenvalue weighted by Crippen LogP contribution is -2.30. The second kappa shape index (κ2) is 10.6. The van der Waals surface area contributed by atoms with Gasteiger partial charge in [-0.25, -0.2) is 0 Å². The molecule has 2 heterocycles. The number of aromatic nitrogens is 1. The minimum atomic E-state index is -0.337. The number of phenolic OH excluding ortho intramolecular Hbond substituents is 2. The first kappa shape index (κ1) is 24.9. The van der Waals surface area contributed by atoms with Crippen LogP contribution in [-0.2, 0) is 24.4 Å². The topological polar surface area (TPSA) is 97.2 Å². The Kier molecular flexibility index (Phi) is 7.36. The van der Waals surface area contributed by atoms with Crippen molar-refractivity contribution in [2.45, 2.75) is 26.6 Å². The molecular formula is C28H30N4O4. The molecule has 0 atom stereocenters. The normalized spacial score (nSPS) is 12.8. The van der Waals surface area contributed by atoms with Crippen molar-refractivity contribution in [3.05, 3.63) is 94.8 Å². The number of hydrogen-bond donors (Lipinski definition) is 2. The minimum absolute atomic E-state index is 0.0661. The molecule has 1 aliphatic rings. The molecule has 8 heteroatoms. The molecule has 186 valence electrons. The molecule has 0 saturated heterocycles. The fourth-order valence-electron chi connectivity index (χ4n) is 4.23. The van der Waals surface area contributed by atoms with Gasteiger partial charge in [0.1, 0.15) is 11.5 Å². The molecule has 3 aromatic rings. The summed E-state index contributed by atoms with van der Waals surface area (Å²) in [5, 5.41) is 20.1. The van der Waals surface area contributed by atoms with E-state index in [1.165, 1.54) is 12.1 Å². The highest BCUT2D eigenvalue weighted by Crippen LogP contribution is 2.35. The quantitative estimate of drug-likeness (QED) is 0.495. The number of aromatic hydroxyl groups is 2. The second-order valence-electron chi connectivity index (χ2n) is 9.18. The Morgan fingerprint density at radius 3 is 2.53 bits per heavy atom. The highest BCUT2D eigenvalue weighted by atomic mass is 16.3. The van der Waals surface area contributed by atoms with Crippen LogP contribution in [0.15, 0.2) is 67.0 Å². The van der Waals surface area contributed by atoms with Crippen LogP contribution >= 0.6 is 0 Å². The van der Waals surface area contributed by atoms with Crippen LogP contribution in [0.2, 0.25) is 0 Å². The Labute approximate surface area is 210 Å². The number of nitrogens with zero attached hydrogens (tertiary/aromatic N) is 4. The zero-order valence-electron chi connectivity index (χ0n) is 20.7. The second-order valence-corrected chi connectivity index (χ2v) is 9.18. The van der Waals surface area contributed by atoms with Gasteiger partial charge in [-0.3, -0.25) is 14.6 Å². The van der Waals surface area contributed by atoms with Gasteiger partial charge in [-0.15, -0.1) is 0 Å². The summed E-state index contributed by atoms with van der Waals surface area (Å²) in [5.41, 5.74) is 4.16. The highest BCUT2D eigenvalue weighted by molar-refractivity contribution is 6.02. The van der Waals surface area contributed by atoms with E-state index in [-0.39, 0.29) is 28.9 Å². The van der Waals surface area contributed by atoms with Crippen LogP contribution in [0.1, 0.15) is 32.6 Å². The molecule has 2 N–H and O–H groups in total. The number of hydrogen-bond acceptors (Lipinski definition) is 6. The lowest BCUT2D eigenvalue weighted by Gasteiger charge is -2.24. The number of fused-ring (bicyclic) bond motifs is 1. The van der Waals surface area contributed by atoms with Crippen molar-refractivity contribution in [3.63, 3.8) is 0 Å². The summed E-state index contributed by atoms with van der Waals surface area (Å²) in [6.07, 6.45) is 6.80. The van der Waals surface area contributed by atoms with E-state index in [1.54, 1.807) is 35.2 Å². The zero-order valence-corrected chi connectivity index (χ0v) is 20.7. The first-order chi connectivity index (χ1) is 17.2. The Balaban J connectivity index is 1.65. The molecular weight excluding hydrogens is 456 g/mol. The summed E-state index contributed by atoms with van der Waals surface area (Å²) in [6.45, 7) is 3.32. The molecule has 8 nitrogen and oxygen atoms in total. The lowest BCUT2D eigenvalue weighted by atomic mass is 10.1. The van der Waals surface area contributed by atoms with Crippen molar-refractivity contribution in [3.8, 4) is 11.5 Å². The van der Waals surface area contributed by atoms with Gasteiger partial charge < -0.3 is 24.9 Å². The molecule has 2 aromatic carbocycles. The largest absolute Gasteiger partial charge is 0.508 e. The van der Waals surface area contributed by atoms with E-state index in [0.717, 1.165) is 22.4 Å². The third kappa shape index (κ3) is 5.39. The number of rotatable bonds is 7. The van der Waals surface area contributed by atoms with Crippen molar-refractivity contribution < 1.29 is 19.8 Å². The predicted octanol–water partition coefficient (Wildman–Crippen LogP) is 3.61. The highest BCUT2D eigenvalue weighted by Gasteiger charge is 2.30. The van der Waals surface area contributed by atoms with Crippen molar-refractivity contribution in [2.24, 2.45) is 0 Å². The summed E-state index contributed by atoms with van der Waals surface area (Å²) < 4.78 is 0. The van der Waals surface area contributed by atoms with E-state index in [4.69, 9.17) is 0 Å². The number of anilines is 1. The van der Waals surface area contributed by atoms with Crippen LogP contribution in [0.5, 0.6) is 11.5 Å². The van der Waals surface area contributed by atoms with Crippen molar-refractivity contribution in [2.75, 3.05) is 25.5 Å². The van der Waals surface area contributed by atoms with Gasteiger partial charge >= 0.3 is 0 Å². The maximum Gasteiger partial charge on any atom is 0.258 e. The SMILES string of the molecule is Cc1cc(C(=O)N2Cc3cccc(N(Cc4ccncc4)C(=O)/C=C/CN(C)C)c3C2)c(O)cc1O. The number of carbonyl (C=O) groups excluding carboxylic acids is 2. The van der Waals surface area contributed by atoms with Crippen LogP contribution in [0, 0.1) is 6.92 Å². The van der Waals surface area contributed by atoms with E-state index in [1.807, 2.05) is 55.4 Å². The van der Waals surface area contributed by atoms with Crippen LogP contribution in [0.4, 0.5) is 5.69 Å². The van der Waals surface area contributed by atoms with E-state index in [0.29, 0.717) is 31.7 Å². The Morgan fingerprint density at radius 2 is 1.81 bits per heavy atom. The first-order valence-corrected chi connectivity index (χ1v) is 11.7. The summed E-state index contributed by atoms with van der Waals surface area (Å²) >= 11 is 0. The molecule has 36 heavy (non-hydrogen) atoms. The molecule has 2 amide bonds. The van der Waals surface area contributed by atoms with Gasteiger partial charge in [-0.2, -0.15) is 0 Å². The zero-order chi connectivity index (χ0) is 25.8. The number of likely N-dealkylation sites (N-methyl/N-ethyl adjacent to an activating group) is 1. The monoisotopic (exact) mass is 486 g/mol. The molecule has 0 spiro atoms. The number of carbonyl (C=O) groups is 2. The molecule has 0 radical (unpaired) electrons. The van der Waals surface area contributed by atoms with Gasteiger partial charge in [0.2, 0.25) is 0 Å². The number of aryl methyl sites for hydroxylation is 1. The molecule has 0 unspecified atom stereocenters. The van der Waals surface area contributed by atoms with E-state index in [2.05, 4.69) is 4.98 Å². The Bertz CT molecular complexity index is 1300. The van der Waals surface area contributed by atoms with Crippen molar-refractivity contribution in [1.82, 2.24) is 14.8 Å². The summed E-state index contributed by atoms with van der Waals surface area (Å²) in [6, 6.07) is 12.2. The number of benzene rings is 2. The van der Waals surface area contributed by atoms with Gasteiger partial charge in [0, 0.05) is 55.4 Å². The van der Waals surface area contributed by atoms with E-state index < -0.39 is 0 Å². The summed E-state index contributed by atoms with van der Waals surface area (Å²) in [4.78, 5) is 36.0. The smallest absolute Gasteiger partial charge is 0.258 e. The van der Waals surface area contributed by atoms with Crippen LogP contribution in [0.3, 0.4) is 0 Å². The van der Waals surface area contributed by atoms with Crippen LogP contribution in [0.25, 0.3) is 0 Å². The molecule has 0 bridgehead atoms. The van der Waals surface area contributed by atoms with Gasteiger partial charge in [-0.1, -0.05) is 18.2 Å². The van der Waals surface area contributed by atoms with Gasteiger partial charge in [0.05, 0.1) is 12.1 Å². The number of amides is 2. The predicted molar refractivity (Wildman–Crippen MR) is 138 cm³/mol. The molecule has 0 aliphatic carbocycles. The standard InChI is InChI=1S/C28H30N4O4/c1-19-14-22(26(34)15-25(19)33)28(36)31-17-21-6-4-7-24(23(21)18-31)32(16-20-9-11-29-12-10-20)27(35)8-5-13-30(2)3/h4-12,14-15,33-34H,13,16-18H2,1-3H3/b8-5+. The maximum absolute atomic E-state index is 13.3. The Morgan fingerprint density at radius 1 is 1.06 bits per heavy atom. The molecule has 1 aromatic heterocycles. The summed E-state index contributed by atoms with van der Waals surface area (Å²) in [5.74, 6) is -0.822. The average molecular weight is 487 g/mol. The van der Waals surface area contributed by atoms with Crippen LogP contribution in [-0.4, -0.2) is 57.5 Å². The van der Waals surface area contributed by atoms with Gasteiger partial charge in [0.25, 0.3) is 11.8 Å². The van der Waals surface area contributed by atoms with Gasteiger partial charge in [0.15, 0.2) is 0 Å². The fraction of sp³-hybridized carbons (Fsp3) is 0.250. The van der Waals surface area contributed by atoms with Crippen molar-refractivity contribution in [1.29, 1.82) is 0 Å². The average Bonchev–Trinajstić information content (AvgIpc) is 3.29. The Hall–Kier alpha value is -4.17. The third-order valence-corrected chi connectivity index (χ3v) is 6.17. The third-order valence-electron chi connectivity index (χ3n) is 6.17. The molecule has 0 saturated carbocycles. The molecule has 4 rings (SSSR count). The number of pyridine rings is 1. The van der Waals surface area contributed by atoms with Gasteiger partial charge in [-0.05, 0) is 62.0 Å². The molecule has 0 fully saturated rings. The number of phenols is 2. The fourth-order valence-corrected chi connectivity index (χ4v) is 4.23. The lowest BCUT2D eigenvalue weighted by molar-refractivity contribution is -0.114. The maximum atomic E-state index is 13.3. The van der Waals surface area contributed by atoms with E-state index in [9.17, 15) is 19.8 Å². The minimum Gasteiger partial charge on any atom is -0.508 e. The summed E-state index contributed by atoms with van der Waals surface area (Å²) in [7, 11) is 3.87. The van der Waals surface area contributed by atoms with E-state index >= 15 is 0 Å². The van der Waals surface area contributed by atoms with Crippen molar-refractivity contribution >= 4 is 17.5 Å². The molecule has 1 aliphatic heterocycles.